The van der Waals surface area contributed by atoms with E-state index in [0.717, 1.165) is 23.8 Å². The second-order valence-corrected chi connectivity index (χ2v) is 4.95. The Balaban J connectivity index is 2.25. The first kappa shape index (κ1) is 14.1. The molecule has 1 atom stereocenters. The van der Waals surface area contributed by atoms with Crippen LogP contribution in [0.4, 0.5) is 10.1 Å². The molecule has 2 aromatic rings. The lowest BCUT2D eigenvalue weighted by Crippen LogP contribution is -2.27. The Hall–Kier alpha value is -2.28. The zero-order valence-electron chi connectivity index (χ0n) is 10.5. The van der Waals surface area contributed by atoms with Gasteiger partial charge in [-0.2, -0.15) is 11.3 Å². The van der Waals surface area contributed by atoms with Crippen molar-refractivity contribution in [3.8, 4) is 0 Å². The van der Waals surface area contributed by atoms with Crippen molar-refractivity contribution >= 4 is 22.9 Å². The van der Waals surface area contributed by atoms with Crippen LogP contribution in [-0.2, 0) is 0 Å². The number of amides is 1. The summed E-state index contributed by atoms with van der Waals surface area (Å²) in [4.78, 5) is 22.2. The van der Waals surface area contributed by atoms with Crippen molar-refractivity contribution in [2.45, 2.75) is 13.0 Å². The van der Waals surface area contributed by atoms with Crippen molar-refractivity contribution in [2.24, 2.45) is 0 Å². The molecule has 104 valence electrons. The lowest BCUT2D eigenvalue weighted by Gasteiger charge is -2.12. The maximum Gasteiger partial charge on any atom is 0.282 e. The van der Waals surface area contributed by atoms with E-state index >= 15 is 0 Å². The highest BCUT2D eigenvalue weighted by atomic mass is 32.1. The maximum absolute atomic E-state index is 13.2. The molecule has 1 aromatic carbocycles. The molecule has 1 heterocycles. The SMILES string of the molecule is CC(NC(=O)c1cc(F)ccc1[N+](=O)[O-])c1ccsc1. The summed E-state index contributed by atoms with van der Waals surface area (Å²) in [6, 6.07) is 4.34. The molecule has 0 aliphatic carbocycles. The maximum atomic E-state index is 13.2. The van der Waals surface area contributed by atoms with Crippen LogP contribution in [0.1, 0.15) is 28.9 Å². The Kier molecular flexibility index (Phi) is 4.09. The van der Waals surface area contributed by atoms with Crippen LogP contribution >= 0.6 is 11.3 Å². The van der Waals surface area contributed by atoms with Gasteiger partial charge in [-0.1, -0.05) is 0 Å². The highest BCUT2D eigenvalue weighted by Gasteiger charge is 2.22. The van der Waals surface area contributed by atoms with Crippen LogP contribution in [0.15, 0.2) is 35.0 Å². The van der Waals surface area contributed by atoms with Crippen LogP contribution < -0.4 is 5.32 Å². The zero-order valence-corrected chi connectivity index (χ0v) is 11.3. The normalized spacial score (nSPS) is 11.9. The number of hydrogen-bond donors (Lipinski definition) is 1. The fraction of sp³-hybridized carbons (Fsp3) is 0.154. The minimum atomic E-state index is -0.705. The van der Waals surface area contributed by atoms with Crippen molar-refractivity contribution in [3.63, 3.8) is 0 Å². The van der Waals surface area contributed by atoms with Gasteiger partial charge in [0.1, 0.15) is 11.4 Å². The molecule has 20 heavy (non-hydrogen) atoms. The molecule has 0 saturated heterocycles. The van der Waals surface area contributed by atoms with E-state index in [1.165, 1.54) is 11.3 Å². The molecule has 0 bridgehead atoms. The number of rotatable bonds is 4. The van der Waals surface area contributed by atoms with E-state index in [1.54, 1.807) is 6.92 Å². The molecule has 0 aliphatic rings. The van der Waals surface area contributed by atoms with E-state index in [9.17, 15) is 19.3 Å². The summed E-state index contributed by atoms with van der Waals surface area (Å²) in [5.41, 5.74) is 0.195. The van der Waals surface area contributed by atoms with Gasteiger partial charge < -0.3 is 5.32 Å². The number of carbonyl (C=O) groups excluding carboxylic acids is 1. The van der Waals surface area contributed by atoms with Gasteiger partial charge in [-0.25, -0.2) is 4.39 Å². The number of thiophene rings is 1. The van der Waals surface area contributed by atoms with Crippen LogP contribution in [0, 0.1) is 15.9 Å². The third-order valence-corrected chi connectivity index (χ3v) is 3.49. The first-order chi connectivity index (χ1) is 9.49. The second-order valence-electron chi connectivity index (χ2n) is 4.17. The number of carbonyl (C=O) groups is 1. The average Bonchev–Trinajstić information content (AvgIpc) is 2.92. The van der Waals surface area contributed by atoms with E-state index in [-0.39, 0.29) is 11.6 Å². The number of nitrogens with zero attached hydrogens (tertiary/aromatic N) is 1. The monoisotopic (exact) mass is 294 g/mol. The van der Waals surface area contributed by atoms with Gasteiger partial charge >= 0.3 is 0 Å². The smallest absolute Gasteiger partial charge is 0.282 e. The molecule has 1 aromatic heterocycles. The van der Waals surface area contributed by atoms with Gasteiger partial charge in [0.15, 0.2) is 0 Å². The summed E-state index contributed by atoms with van der Waals surface area (Å²) in [5, 5.41) is 17.2. The van der Waals surface area contributed by atoms with E-state index in [4.69, 9.17) is 0 Å². The van der Waals surface area contributed by atoms with Gasteiger partial charge in [0, 0.05) is 6.07 Å². The predicted octanol–water partition coefficient (Wildman–Crippen LogP) is 3.29. The van der Waals surface area contributed by atoms with Gasteiger partial charge in [0.25, 0.3) is 11.6 Å². The van der Waals surface area contributed by atoms with Crippen LogP contribution in [0.2, 0.25) is 0 Å². The minimum Gasteiger partial charge on any atom is -0.345 e. The third kappa shape index (κ3) is 3.00. The topological polar surface area (TPSA) is 72.2 Å². The lowest BCUT2D eigenvalue weighted by molar-refractivity contribution is -0.385. The summed E-state index contributed by atoms with van der Waals surface area (Å²) < 4.78 is 13.2. The zero-order chi connectivity index (χ0) is 14.7. The minimum absolute atomic E-state index is 0.280. The van der Waals surface area contributed by atoms with Crippen molar-refractivity contribution in [1.82, 2.24) is 5.32 Å². The molecule has 0 fully saturated rings. The highest BCUT2D eigenvalue weighted by molar-refractivity contribution is 7.07. The van der Waals surface area contributed by atoms with Crippen molar-refractivity contribution in [1.29, 1.82) is 0 Å². The van der Waals surface area contributed by atoms with E-state index in [2.05, 4.69) is 5.32 Å². The van der Waals surface area contributed by atoms with Gasteiger partial charge in [-0.15, -0.1) is 0 Å². The predicted molar refractivity (Wildman–Crippen MR) is 73.3 cm³/mol. The molecule has 0 aliphatic heterocycles. The summed E-state index contributed by atoms with van der Waals surface area (Å²) in [5.74, 6) is -1.36. The van der Waals surface area contributed by atoms with E-state index in [0.29, 0.717) is 0 Å². The molecule has 0 spiro atoms. The highest BCUT2D eigenvalue weighted by Crippen LogP contribution is 2.21. The fourth-order valence-corrected chi connectivity index (χ4v) is 2.48. The number of nitro benzene ring substituents is 1. The number of nitrogens with one attached hydrogen (secondary N) is 1. The summed E-state index contributed by atoms with van der Waals surface area (Å²) in [6.45, 7) is 1.76. The molecule has 1 unspecified atom stereocenters. The van der Waals surface area contributed by atoms with Crippen LogP contribution in [-0.4, -0.2) is 10.8 Å². The Morgan fingerprint density at radius 2 is 2.20 bits per heavy atom. The standard InChI is InChI=1S/C13H11FN2O3S/c1-8(9-4-5-20-7-9)15-13(17)11-6-10(14)2-3-12(11)16(18)19/h2-8H,1H3,(H,15,17). The first-order valence-electron chi connectivity index (χ1n) is 5.76. The quantitative estimate of drug-likeness (QED) is 0.694. The molecule has 2 rings (SSSR count). The van der Waals surface area contributed by atoms with Gasteiger partial charge in [0.05, 0.1) is 11.0 Å². The Morgan fingerprint density at radius 1 is 1.45 bits per heavy atom. The van der Waals surface area contributed by atoms with Crippen molar-refractivity contribution in [2.75, 3.05) is 0 Å². The molecule has 0 saturated carbocycles. The second kappa shape index (κ2) is 5.79. The Bertz CT molecular complexity index is 643. The average molecular weight is 294 g/mol. The van der Waals surface area contributed by atoms with E-state index < -0.39 is 22.3 Å². The summed E-state index contributed by atoms with van der Waals surface area (Å²) in [6.07, 6.45) is 0. The molecular formula is C13H11FN2O3S. The molecule has 1 N–H and O–H groups in total. The molecule has 7 heteroatoms. The first-order valence-corrected chi connectivity index (χ1v) is 6.70. The van der Waals surface area contributed by atoms with Crippen LogP contribution in [0.3, 0.4) is 0 Å². The fourth-order valence-electron chi connectivity index (χ4n) is 1.73. The molecule has 1 amide bonds. The number of hydrogen-bond acceptors (Lipinski definition) is 4. The van der Waals surface area contributed by atoms with Crippen LogP contribution in [0.5, 0.6) is 0 Å². The van der Waals surface area contributed by atoms with Gasteiger partial charge in [-0.3, -0.25) is 14.9 Å². The largest absolute Gasteiger partial charge is 0.345 e. The lowest BCUT2D eigenvalue weighted by atomic mass is 10.1. The van der Waals surface area contributed by atoms with E-state index in [1.807, 2.05) is 16.8 Å². The van der Waals surface area contributed by atoms with Crippen LogP contribution in [0.25, 0.3) is 0 Å². The molecule has 5 nitrogen and oxygen atoms in total. The molecule has 0 radical (unpaired) electrons. The third-order valence-electron chi connectivity index (χ3n) is 2.79. The Morgan fingerprint density at radius 3 is 2.80 bits per heavy atom. The molecular weight excluding hydrogens is 283 g/mol. The summed E-state index contributed by atoms with van der Waals surface area (Å²) >= 11 is 1.48. The van der Waals surface area contributed by atoms with Gasteiger partial charge in [-0.05, 0) is 41.4 Å². The number of halogens is 1. The van der Waals surface area contributed by atoms with Crippen molar-refractivity contribution in [3.05, 3.63) is 62.1 Å². The van der Waals surface area contributed by atoms with Crippen molar-refractivity contribution < 1.29 is 14.1 Å². The summed E-state index contributed by atoms with van der Waals surface area (Å²) in [7, 11) is 0. The number of benzene rings is 1. The Labute approximate surface area is 118 Å². The van der Waals surface area contributed by atoms with Gasteiger partial charge in [0.2, 0.25) is 0 Å². The number of nitro groups is 1.